The first-order valence-electron chi connectivity index (χ1n) is 9.11. The lowest BCUT2D eigenvalue weighted by Gasteiger charge is -2.28. The van der Waals surface area contributed by atoms with Crippen LogP contribution in [0.3, 0.4) is 0 Å². The summed E-state index contributed by atoms with van der Waals surface area (Å²) in [6.45, 7) is 3.62. The molecule has 0 aromatic heterocycles. The van der Waals surface area contributed by atoms with Gasteiger partial charge in [0.2, 0.25) is 0 Å². The average Bonchev–Trinajstić information content (AvgIpc) is 2.70. The highest BCUT2D eigenvalue weighted by Crippen LogP contribution is 2.35. The van der Waals surface area contributed by atoms with Gasteiger partial charge < -0.3 is 14.8 Å². The summed E-state index contributed by atoms with van der Waals surface area (Å²) in [5.41, 5.74) is 3.32. The van der Waals surface area contributed by atoms with Gasteiger partial charge in [0, 0.05) is 31.7 Å². The third-order valence-corrected chi connectivity index (χ3v) is 5.12. The Hall–Kier alpha value is -2.24. The molecule has 27 heavy (non-hydrogen) atoms. The van der Waals surface area contributed by atoms with Crippen LogP contribution in [-0.2, 0) is 13.0 Å². The number of hydrogen-bond donors (Lipinski definition) is 1. The molecule has 6 heteroatoms. The van der Waals surface area contributed by atoms with Crippen molar-refractivity contribution in [1.29, 1.82) is 0 Å². The van der Waals surface area contributed by atoms with E-state index in [4.69, 9.17) is 21.1 Å². The van der Waals surface area contributed by atoms with Gasteiger partial charge >= 0.3 is 0 Å². The van der Waals surface area contributed by atoms with Crippen LogP contribution >= 0.6 is 11.6 Å². The van der Waals surface area contributed by atoms with Crippen molar-refractivity contribution < 1.29 is 14.3 Å². The smallest absolute Gasteiger partial charge is 0.251 e. The molecular formula is C21H25ClN2O3. The maximum atomic E-state index is 12.4. The van der Waals surface area contributed by atoms with Gasteiger partial charge in [0.15, 0.2) is 11.5 Å². The lowest BCUT2D eigenvalue weighted by Crippen LogP contribution is -2.33. The maximum absolute atomic E-state index is 12.4. The Morgan fingerprint density at radius 1 is 1.19 bits per heavy atom. The largest absolute Gasteiger partial charge is 0.493 e. The summed E-state index contributed by atoms with van der Waals surface area (Å²) >= 11 is 6.17. The van der Waals surface area contributed by atoms with Crippen molar-refractivity contribution in [2.45, 2.75) is 19.4 Å². The van der Waals surface area contributed by atoms with Gasteiger partial charge in [-0.25, -0.2) is 0 Å². The molecule has 1 aliphatic rings. The summed E-state index contributed by atoms with van der Waals surface area (Å²) < 4.78 is 10.4. The lowest BCUT2D eigenvalue weighted by molar-refractivity contribution is 0.0951. The summed E-state index contributed by atoms with van der Waals surface area (Å²) in [6, 6.07) is 11.8. The van der Waals surface area contributed by atoms with Crippen LogP contribution < -0.4 is 14.8 Å². The number of methoxy groups -OCH3 is 2. The number of rotatable bonds is 7. The van der Waals surface area contributed by atoms with Crippen LogP contribution in [0.15, 0.2) is 36.4 Å². The normalized spacial score (nSPS) is 13.7. The third kappa shape index (κ3) is 4.73. The molecule has 0 atom stereocenters. The Kier molecular flexibility index (Phi) is 6.58. The van der Waals surface area contributed by atoms with Gasteiger partial charge in [0.25, 0.3) is 5.91 Å². The predicted octanol–water partition coefficient (Wildman–Crippen LogP) is 3.54. The second kappa shape index (κ2) is 9.11. The highest BCUT2D eigenvalue weighted by Gasteiger charge is 2.16. The van der Waals surface area contributed by atoms with Gasteiger partial charge in [-0.05, 0) is 36.1 Å². The summed E-state index contributed by atoms with van der Waals surface area (Å²) in [6.07, 6.45) is 1.99. The molecule has 1 aliphatic heterocycles. The quantitative estimate of drug-likeness (QED) is 0.737. The second-order valence-corrected chi connectivity index (χ2v) is 7.01. The van der Waals surface area contributed by atoms with Crippen LogP contribution in [0.5, 0.6) is 11.5 Å². The molecule has 144 valence electrons. The summed E-state index contributed by atoms with van der Waals surface area (Å²) in [5, 5.41) is 3.31. The Morgan fingerprint density at radius 3 is 2.70 bits per heavy atom. The zero-order chi connectivity index (χ0) is 19.2. The first-order valence-corrected chi connectivity index (χ1v) is 9.49. The molecule has 0 aliphatic carbocycles. The van der Waals surface area contributed by atoms with E-state index in [0.717, 1.165) is 32.5 Å². The van der Waals surface area contributed by atoms with Crippen molar-refractivity contribution in [3.05, 3.63) is 58.1 Å². The van der Waals surface area contributed by atoms with Crippen LogP contribution in [0.2, 0.25) is 5.02 Å². The zero-order valence-corrected chi connectivity index (χ0v) is 16.5. The molecule has 3 rings (SSSR count). The second-order valence-electron chi connectivity index (χ2n) is 6.60. The van der Waals surface area contributed by atoms with E-state index in [0.29, 0.717) is 28.6 Å². The number of halogens is 1. The molecule has 1 heterocycles. The molecule has 0 saturated carbocycles. The van der Waals surface area contributed by atoms with E-state index in [1.807, 2.05) is 0 Å². The number of carbonyl (C=O) groups is 1. The van der Waals surface area contributed by atoms with Gasteiger partial charge in [0.05, 0.1) is 19.2 Å². The van der Waals surface area contributed by atoms with E-state index in [1.165, 1.54) is 25.3 Å². The summed E-state index contributed by atoms with van der Waals surface area (Å²) in [5.74, 6) is 0.713. The molecule has 0 bridgehead atoms. The van der Waals surface area contributed by atoms with Crippen molar-refractivity contribution >= 4 is 17.5 Å². The number of fused-ring (bicyclic) bond motifs is 1. The van der Waals surface area contributed by atoms with E-state index in [9.17, 15) is 4.79 Å². The molecule has 0 unspecified atom stereocenters. The SMILES string of the molecule is COc1cc(C(=O)NCCCN2CCc3ccccc3C2)cc(Cl)c1OC. The third-order valence-electron chi connectivity index (χ3n) is 4.84. The Morgan fingerprint density at radius 2 is 1.96 bits per heavy atom. The average molecular weight is 389 g/mol. The molecule has 0 spiro atoms. The highest BCUT2D eigenvalue weighted by molar-refractivity contribution is 6.32. The van der Waals surface area contributed by atoms with Crippen molar-refractivity contribution in [1.82, 2.24) is 10.2 Å². The lowest BCUT2D eigenvalue weighted by atomic mass is 10.00. The standard InChI is InChI=1S/C21H25ClN2O3/c1-26-19-13-17(12-18(22)20(19)27-2)21(25)23-9-5-10-24-11-8-15-6-3-4-7-16(15)14-24/h3-4,6-7,12-13H,5,8-11,14H2,1-2H3,(H,23,25). The van der Waals surface area contributed by atoms with E-state index in [1.54, 1.807) is 12.1 Å². The molecule has 0 saturated heterocycles. The maximum Gasteiger partial charge on any atom is 0.251 e. The Bertz CT molecular complexity index is 810. The first-order chi connectivity index (χ1) is 13.1. The van der Waals surface area contributed by atoms with Gasteiger partial charge in [-0.15, -0.1) is 0 Å². The van der Waals surface area contributed by atoms with E-state index in [2.05, 4.69) is 34.5 Å². The topological polar surface area (TPSA) is 50.8 Å². The minimum atomic E-state index is -0.165. The van der Waals surface area contributed by atoms with Crippen molar-refractivity contribution in [2.75, 3.05) is 33.9 Å². The van der Waals surface area contributed by atoms with Gasteiger partial charge in [0.1, 0.15) is 0 Å². The number of nitrogens with one attached hydrogen (secondary N) is 1. The number of amides is 1. The number of benzene rings is 2. The molecule has 0 fully saturated rings. The number of carbonyl (C=O) groups excluding carboxylic acids is 1. The van der Waals surface area contributed by atoms with Gasteiger partial charge in [-0.3, -0.25) is 9.69 Å². The number of nitrogens with zero attached hydrogens (tertiary/aromatic N) is 1. The summed E-state index contributed by atoms with van der Waals surface area (Å²) in [7, 11) is 3.04. The Labute approximate surface area is 165 Å². The van der Waals surface area contributed by atoms with E-state index < -0.39 is 0 Å². The molecule has 1 amide bonds. The molecular weight excluding hydrogens is 364 g/mol. The van der Waals surface area contributed by atoms with Crippen LogP contribution in [0.25, 0.3) is 0 Å². The monoisotopic (exact) mass is 388 g/mol. The fourth-order valence-corrected chi connectivity index (χ4v) is 3.69. The zero-order valence-electron chi connectivity index (χ0n) is 15.8. The molecule has 5 nitrogen and oxygen atoms in total. The molecule has 1 N–H and O–H groups in total. The first kappa shape index (κ1) is 19.5. The van der Waals surface area contributed by atoms with Crippen molar-refractivity contribution in [3.63, 3.8) is 0 Å². The van der Waals surface area contributed by atoms with Crippen LogP contribution in [0.4, 0.5) is 0 Å². The van der Waals surface area contributed by atoms with Crippen LogP contribution in [0.1, 0.15) is 27.9 Å². The van der Waals surface area contributed by atoms with Crippen LogP contribution in [-0.4, -0.2) is 44.7 Å². The van der Waals surface area contributed by atoms with Crippen molar-refractivity contribution in [3.8, 4) is 11.5 Å². The predicted molar refractivity (Wildman–Crippen MR) is 107 cm³/mol. The fourth-order valence-electron chi connectivity index (χ4n) is 3.40. The van der Waals surface area contributed by atoms with E-state index in [-0.39, 0.29) is 5.91 Å². The minimum Gasteiger partial charge on any atom is -0.493 e. The molecule has 0 radical (unpaired) electrons. The van der Waals surface area contributed by atoms with Crippen molar-refractivity contribution in [2.24, 2.45) is 0 Å². The van der Waals surface area contributed by atoms with Crippen LogP contribution in [0, 0.1) is 0 Å². The summed E-state index contributed by atoms with van der Waals surface area (Å²) in [4.78, 5) is 14.8. The fraction of sp³-hybridized carbons (Fsp3) is 0.381. The van der Waals surface area contributed by atoms with Gasteiger partial charge in [-0.2, -0.15) is 0 Å². The van der Waals surface area contributed by atoms with E-state index >= 15 is 0 Å². The number of ether oxygens (including phenoxy) is 2. The number of hydrogen-bond acceptors (Lipinski definition) is 4. The highest BCUT2D eigenvalue weighted by atomic mass is 35.5. The van der Waals surface area contributed by atoms with Gasteiger partial charge in [-0.1, -0.05) is 35.9 Å². The molecule has 2 aromatic rings. The molecule has 2 aromatic carbocycles. The minimum absolute atomic E-state index is 0.165. The Balaban J connectivity index is 1.48.